The average molecular weight is 361 g/mol. The van der Waals surface area contributed by atoms with Crippen LogP contribution < -0.4 is 4.90 Å². The number of aliphatic hydroxyl groups is 1. The van der Waals surface area contributed by atoms with Crippen molar-refractivity contribution in [1.29, 1.82) is 10.5 Å². The molecule has 0 spiro atoms. The summed E-state index contributed by atoms with van der Waals surface area (Å²) in [5, 5.41) is 27.5. The lowest BCUT2D eigenvalue weighted by Crippen LogP contribution is -2.25. The maximum absolute atomic E-state index is 9.17. The van der Waals surface area contributed by atoms with Crippen LogP contribution in [0.1, 0.15) is 39.2 Å². The molecule has 140 valence electrons. The molecule has 1 aliphatic rings. The lowest BCUT2D eigenvalue weighted by molar-refractivity contribution is 0.302. The summed E-state index contributed by atoms with van der Waals surface area (Å²) in [6.07, 6.45) is 7.78. The van der Waals surface area contributed by atoms with Gasteiger partial charge in [-0.25, -0.2) is 0 Å². The van der Waals surface area contributed by atoms with Gasteiger partial charge in [-0.2, -0.15) is 10.5 Å². The Bertz CT molecular complexity index is 814. The quantitative estimate of drug-likeness (QED) is 0.751. The fraction of sp³-hybridized carbons (Fsp3) is 0.391. The minimum atomic E-state index is 0.0263. The molecule has 0 atom stereocenters. The van der Waals surface area contributed by atoms with Gasteiger partial charge in [-0.15, -0.1) is 0 Å². The number of aliphatic hydroxyl groups excluding tert-OH is 1. The topological polar surface area (TPSA) is 71.0 Å². The molecule has 4 nitrogen and oxygen atoms in total. The summed E-state index contributed by atoms with van der Waals surface area (Å²) in [6, 6.07) is 12.3. The normalized spacial score (nSPS) is 15.8. The van der Waals surface area contributed by atoms with Crippen molar-refractivity contribution >= 4 is 11.8 Å². The molecule has 0 saturated carbocycles. The van der Waals surface area contributed by atoms with Crippen LogP contribution in [0, 0.1) is 28.1 Å². The highest BCUT2D eigenvalue weighted by atomic mass is 16.3. The second-order valence-corrected chi connectivity index (χ2v) is 7.59. The van der Waals surface area contributed by atoms with Crippen LogP contribution in [0.3, 0.4) is 0 Å². The van der Waals surface area contributed by atoms with Gasteiger partial charge >= 0.3 is 0 Å². The van der Waals surface area contributed by atoms with Crippen LogP contribution in [0.4, 0.5) is 5.69 Å². The Balaban J connectivity index is 2.22. The molecule has 0 radical (unpaired) electrons. The Morgan fingerprint density at radius 3 is 2.37 bits per heavy atom. The van der Waals surface area contributed by atoms with Crippen molar-refractivity contribution < 1.29 is 5.11 Å². The van der Waals surface area contributed by atoms with Gasteiger partial charge in [0.05, 0.1) is 6.61 Å². The van der Waals surface area contributed by atoms with Gasteiger partial charge in [0.2, 0.25) is 0 Å². The first-order chi connectivity index (χ1) is 12.9. The molecule has 0 unspecified atom stereocenters. The zero-order chi connectivity index (χ0) is 19.9. The number of nitriles is 2. The summed E-state index contributed by atoms with van der Waals surface area (Å²) < 4.78 is 0. The first-order valence-electron chi connectivity index (χ1n) is 9.30. The molecular formula is C23H27N3O. The van der Waals surface area contributed by atoms with Gasteiger partial charge in [0.25, 0.3) is 0 Å². The maximum atomic E-state index is 9.17. The molecule has 0 aliphatic heterocycles. The molecule has 2 rings (SSSR count). The summed E-state index contributed by atoms with van der Waals surface area (Å²) >= 11 is 0. The van der Waals surface area contributed by atoms with Crippen molar-refractivity contribution in [2.45, 2.75) is 33.6 Å². The Kier molecular flexibility index (Phi) is 6.99. The first kappa shape index (κ1) is 20.5. The highest BCUT2D eigenvalue weighted by molar-refractivity contribution is 5.59. The Labute approximate surface area is 162 Å². The third kappa shape index (κ3) is 5.58. The van der Waals surface area contributed by atoms with Crippen LogP contribution >= 0.6 is 0 Å². The van der Waals surface area contributed by atoms with E-state index in [-0.39, 0.29) is 17.6 Å². The van der Waals surface area contributed by atoms with Crippen molar-refractivity contribution in [2.24, 2.45) is 5.41 Å². The van der Waals surface area contributed by atoms with Crippen LogP contribution in [0.25, 0.3) is 6.08 Å². The fourth-order valence-corrected chi connectivity index (χ4v) is 3.48. The number of rotatable bonds is 6. The van der Waals surface area contributed by atoms with Crippen LogP contribution in [-0.4, -0.2) is 24.8 Å². The van der Waals surface area contributed by atoms with Crippen molar-refractivity contribution in [2.75, 3.05) is 24.6 Å². The van der Waals surface area contributed by atoms with Crippen LogP contribution in [0.2, 0.25) is 0 Å². The minimum absolute atomic E-state index is 0.0263. The molecule has 0 heterocycles. The SMILES string of the molecule is CCN(CCO)c1ccc(/C=C/C2=CC(=C(C#N)C#N)CC(C)(C)C2)cc1. The first-order valence-corrected chi connectivity index (χ1v) is 9.30. The van der Waals surface area contributed by atoms with E-state index in [4.69, 9.17) is 5.11 Å². The molecule has 0 bridgehead atoms. The summed E-state index contributed by atoms with van der Waals surface area (Å²) in [5.41, 5.74) is 4.38. The van der Waals surface area contributed by atoms with E-state index in [0.29, 0.717) is 6.54 Å². The second-order valence-electron chi connectivity index (χ2n) is 7.59. The van der Waals surface area contributed by atoms with E-state index in [1.165, 1.54) is 0 Å². The maximum Gasteiger partial charge on any atom is 0.132 e. The van der Waals surface area contributed by atoms with Crippen LogP contribution in [0.15, 0.2) is 53.1 Å². The number of allylic oxidation sites excluding steroid dienone is 5. The van der Waals surface area contributed by atoms with Gasteiger partial charge in [0.1, 0.15) is 17.7 Å². The van der Waals surface area contributed by atoms with Crippen LogP contribution in [-0.2, 0) is 0 Å². The molecular weight excluding hydrogens is 334 g/mol. The standard InChI is InChI=1S/C23H27N3O/c1-4-26(11-12-27)22-9-7-18(8-10-22)5-6-19-13-20(21(16-24)17-25)15-23(2,3)14-19/h5-10,13,27H,4,11-12,14-15H2,1-3H3/b6-5+. The molecule has 1 aromatic rings. The monoisotopic (exact) mass is 361 g/mol. The summed E-state index contributed by atoms with van der Waals surface area (Å²) in [4.78, 5) is 2.13. The van der Waals surface area contributed by atoms with Gasteiger partial charge in [0.15, 0.2) is 0 Å². The van der Waals surface area contributed by atoms with Crippen molar-refractivity contribution in [1.82, 2.24) is 0 Å². The van der Waals surface area contributed by atoms with Gasteiger partial charge in [-0.05, 0) is 54.0 Å². The Hall–Kier alpha value is -2.82. The highest BCUT2D eigenvalue weighted by Crippen LogP contribution is 2.39. The summed E-state index contributed by atoms with van der Waals surface area (Å²) in [5.74, 6) is 0. The van der Waals surface area contributed by atoms with E-state index < -0.39 is 0 Å². The van der Waals surface area contributed by atoms with E-state index in [1.54, 1.807) is 0 Å². The summed E-state index contributed by atoms with van der Waals surface area (Å²) in [6.45, 7) is 8.02. The van der Waals surface area contributed by atoms with Crippen molar-refractivity contribution in [3.8, 4) is 12.1 Å². The van der Waals surface area contributed by atoms with Crippen molar-refractivity contribution in [3.63, 3.8) is 0 Å². The fourth-order valence-electron chi connectivity index (χ4n) is 3.48. The number of hydrogen-bond acceptors (Lipinski definition) is 4. The third-order valence-electron chi connectivity index (χ3n) is 4.76. The van der Waals surface area contributed by atoms with E-state index in [2.05, 4.69) is 62.1 Å². The van der Waals surface area contributed by atoms with Gasteiger partial charge < -0.3 is 10.0 Å². The zero-order valence-corrected chi connectivity index (χ0v) is 16.4. The number of benzene rings is 1. The van der Waals surface area contributed by atoms with Crippen molar-refractivity contribution in [3.05, 3.63) is 58.7 Å². The molecule has 1 N–H and O–H groups in total. The van der Waals surface area contributed by atoms with Gasteiger partial charge in [-0.3, -0.25) is 0 Å². The lowest BCUT2D eigenvalue weighted by Gasteiger charge is -2.30. The molecule has 0 amide bonds. The van der Waals surface area contributed by atoms with E-state index in [9.17, 15) is 10.5 Å². The average Bonchev–Trinajstić information content (AvgIpc) is 2.65. The number of hydrogen-bond donors (Lipinski definition) is 1. The largest absolute Gasteiger partial charge is 0.395 e. The smallest absolute Gasteiger partial charge is 0.132 e. The number of anilines is 1. The minimum Gasteiger partial charge on any atom is -0.395 e. The van der Waals surface area contributed by atoms with E-state index in [0.717, 1.165) is 41.8 Å². The Morgan fingerprint density at radius 1 is 1.15 bits per heavy atom. The highest BCUT2D eigenvalue weighted by Gasteiger charge is 2.26. The molecule has 0 aromatic heterocycles. The third-order valence-corrected chi connectivity index (χ3v) is 4.76. The zero-order valence-electron chi connectivity index (χ0n) is 16.4. The molecule has 1 aromatic carbocycles. The molecule has 0 saturated heterocycles. The summed E-state index contributed by atoms with van der Waals surface area (Å²) in [7, 11) is 0. The van der Waals surface area contributed by atoms with E-state index in [1.807, 2.05) is 18.2 Å². The second kappa shape index (κ2) is 9.21. The molecule has 0 fully saturated rings. The number of likely N-dealkylation sites (N-methyl/N-ethyl adjacent to an activating group) is 1. The molecule has 4 heteroatoms. The van der Waals surface area contributed by atoms with E-state index >= 15 is 0 Å². The lowest BCUT2D eigenvalue weighted by atomic mass is 9.74. The predicted octanol–water partition coefficient (Wildman–Crippen LogP) is 4.61. The Morgan fingerprint density at radius 2 is 1.81 bits per heavy atom. The predicted molar refractivity (Wildman–Crippen MR) is 110 cm³/mol. The van der Waals surface area contributed by atoms with Gasteiger partial charge in [0, 0.05) is 18.8 Å². The number of nitrogens with zero attached hydrogens (tertiary/aromatic N) is 3. The van der Waals surface area contributed by atoms with Gasteiger partial charge in [-0.1, -0.05) is 44.2 Å². The molecule has 1 aliphatic carbocycles. The van der Waals surface area contributed by atoms with Crippen LogP contribution in [0.5, 0.6) is 0 Å². The molecule has 27 heavy (non-hydrogen) atoms.